The number of hydrogen-bond acceptors (Lipinski definition) is 4. The van der Waals surface area contributed by atoms with Crippen molar-refractivity contribution in [3.05, 3.63) is 46.7 Å². The number of nitrogens with zero attached hydrogens (tertiary/aromatic N) is 3. The molecule has 1 aromatic carbocycles. The monoisotopic (exact) mass is 372 g/mol. The summed E-state index contributed by atoms with van der Waals surface area (Å²) in [5, 5.41) is 3.32. The summed E-state index contributed by atoms with van der Waals surface area (Å²) in [6, 6.07) is 7.53. The second-order valence-electron chi connectivity index (χ2n) is 6.00. The number of hydrogen-bond donors (Lipinski definition) is 1. The van der Waals surface area contributed by atoms with Crippen molar-refractivity contribution in [1.29, 1.82) is 0 Å². The molecule has 1 N–H and O–H groups in total. The summed E-state index contributed by atoms with van der Waals surface area (Å²) in [6.45, 7) is 0. The Balaban J connectivity index is 2.27. The molecule has 6 nitrogen and oxygen atoms in total. The van der Waals surface area contributed by atoms with Crippen molar-refractivity contribution < 1.29 is 9.53 Å². The molecule has 1 heterocycles. The molecule has 0 saturated heterocycles. The van der Waals surface area contributed by atoms with E-state index in [0.29, 0.717) is 34.4 Å². The SMILES string of the molecule is C/N=C(/NC)c1c(OC)cc(C2CC2)cc1N(C=O)c1cccnc1Cl. The molecule has 0 aliphatic heterocycles. The minimum atomic E-state index is 0.251. The van der Waals surface area contributed by atoms with Gasteiger partial charge in [0.25, 0.3) is 0 Å². The second kappa shape index (κ2) is 7.74. The lowest BCUT2D eigenvalue weighted by atomic mass is 10.0. The topological polar surface area (TPSA) is 66.8 Å². The number of rotatable bonds is 6. The number of benzene rings is 1. The van der Waals surface area contributed by atoms with Crippen LogP contribution in [0, 0.1) is 0 Å². The van der Waals surface area contributed by atoms with Gasteiger partial charge in [0.15, 0.2) is 5.15 Å². The highest BCUT2D eigenvalue weighted by Gasteiger charge is 2.29. The summed E-state index contributed by atoms with van der Waals surface area (Å²) >= 11 is 6.25. The first kappa shape index (κ1) is 18.2. The van der Waals surface area contributed by atoms with Crippen LogP contribution in [0.1, 0.15) is 29.9 Å². The Hall–Kier alpha value is -2.60. The molecular weight excluding hydrogens is 352 g/mol. The fraction of sp³-hybridized carbons (Fsp3) is 0.316. The van der Waals surface area contributed by atoms with E-state index in [-0.39, 0.29) is 5.15 Å². The van der Waals surface area contributed by atoms with Crippen LogP contribution >= 0.6 is 11.6 Å². The molecular formula is C19H21ClN4O2. The van der Waals surface area contributed by atoms with Gasteiger partial charge in [0.1, 0.15) is 11.6 Å². The molecule has 7 heteroatoms. The van der Waals surface area contributed by atoms with Crippen LogP contribution in [0.4, 0.5) is 11.4 Å². The summed E-state index contributed by atoms with van der Waals surface area (Å²) in [7, 11) is 5.08. The third-order valence-electron chi connectivity index (χ3n) is 4.43. The number of nitrogens with one attached hydrogen (secondary N) is 1. The summed E-state index contributed by atoms with van der Waals surface area (Å²) in [5.41, 5.74) is 3.01. The van der Waals surface area contributed by atoms with Gasteiger partial charge in [0, 0.05) is 20.3 Å². The molecule has 0 bridgehead atoms. The van der Waals surface area contributed by atoms with E-state index in [1.807, 2.05) is 12.1 Å². The quantitative estimate of drug-likeness (QED) is 0.364. The molecule has 26 heavy (non-hydrogen) atoms. The molecule has 136 valence electrons. The standard InChI is InChI=1S/C19H21ClN4O2/c1-21-19(22-2)17-15(9-13(12-6-7-12)10-16(17)26-3)24(11-25)14-5-4-8-23-18(14)20/h4-5,8-12H,6-7H2,1-3H3,(H,21,22). The Bertz CT molecular complexity index is 849. The van der Waals surface area contributed by atoms with E-state index in [1.54, 1.807) is 39.5 Å². The summed E-state index contributed by atoms with van der Waals surface area (Å²) in [6.07, 6.45) is 4.60. The first-order chi connectivity index (χ1) is 12.6. The number of methoxy groups -OCH3 is 1. The van der Waals surface area contributed by atoms with Gasteiger partial charge in [-0.3, -0.25) is 14.7 Å². The number of anilines is 2. The number of carbonyl (C=O) groups excluding carboxylic acids is 1. The zero-order valence-corrected chi connectivity index (χ0v) is 15.7. The first-order valence-corrected chi connectivity index (χ1v) is 8.74. The molecule has 1 fully saturated rings. The van der Waals surface area contributed by atoms with Crippen LogP contribution < -0.4 is 15.0 Å². The molecule has 0 spiro atoms. The molecule has 1 saturated carbocycles. The van der Waals surface area contributed by atoms with Crippen LogP contribution in [0.5, 0.6) is 5.75 Å². The zero-order valence-electron chi connectivity index (χ0n) is 15.0. The van der Waals surface area contributed by atoms with E-state index in [9.17, 15) is 4.79 Å². The van der Waals surface area contributed by atoms with Crippen LogP contribution in [0.3, 0.4) is 0 Å². The number of pyridine rings is 1. The maximum Gasteiger partial charge on any atom is 0.218 e. The summed E-state index contributed by atoms with van der Waals surface area (Å²) < 4.78 is 5.64. The molecule has 0 atom stereocenters. The van der Waals surface area contributed by atoms with Crippen molar-refractivity contribution in [3.8, 4) is 5.75 Å². The highest BCUT2D eigenvalue weighted by atomic mass is 35.5. The first-order valence-electron chi connectivity index (χ1n) is 8.36. The Labute approximate surface area is 157 Å². The van der Waals surface area contributed by atoms with Gasteiger partial charge >= 0.3 is 0 Å². The third-order valence-corrected chi connectivity index (χ3v) is 4.72. The van der Waals surface area contributed by atoms with Crippen LogP contribution in [-0.2, 0) is 4.79 Å². The Morgan fingerprint density at radius 3 is 2.73 bits per heavy atom. The number of amidine groups is 1. The smallest absolute Gasteiger partial charge is 0.218 e. The fourth-order valence-electron chi connectivity index (χ4n) is 3.01. The minimum absolute atomic E-state index is 0.251. The lowest BCUT2D eigenvalue weighted by Crippen LogP contribution is -2.25. The fourth-order valence-corrected chi connectivity index (χ4v) is 3.22. The molecule has 3 rings (SSSR count). The Morgan fingerprint density at radius 2 is 2.19 bits per heavy atom. The Morgan fingerprint density at radius 1 is 1.42 bits per heavy atom. The molecule has 0 unspecified atom stereocenters. The van der Waals surface area contributed by atoms with Gasteiger partial charge in [-0.1, -0.05) is 11.6 Å². The van der Waals surface area contributed by atoms with Crippen molar-refractivity contribution in [2.45, 2.75) is 18.8 Å². The normalized spacial score (nSPS) is 14.1. The maximum atomic E-state index is 12.0. The molecule has 1 aromatic heterocycles. The van der Waals surface area contributed by atoms with E-state index in [2.05, 4.69) is 15.3 Å². The molecule has 2 aromatic rings. The number of ether oxygens (including phenoxy) is 1. The van der Waals surface area contributed by atoms with E-state index in [1.165, 1.54) is 4.90 Å². The highest BCUT2D eigenvalue weighted by molar-refractivity contribution is 6.32. The lowest BCUT2D eigenvalue weighted by molar-refractivity contribution is -0.106. The van der Waals surface area contributed by atoms with E-state index >= 15 is 0 Å². The molecule has 1 aliphatic carbocycles. The zero-order chi connectivity index (χ0) is 18.7. The van der Waals surface area contributed by atoms with Crippen molar-refractivity contribution in [2.75, 3.05) is 26.1 Å². The van der Waals surface area contributed by atoms with Gasteiger partial charge in [-0.15, -0.1) is 0 Å². The van der Waals surface area contributed by atoms with Crippen LogP contribution in [0.2, 0.25) is 5.15 Å². The second-order valence-corrected chi connectivity index (χ2v) is 6.36. The number of halogens is 1. The largest absolute Gasteiger partial charge is 0.496 e. The van der Waals surface area contributed by atoms with Crippen molar-refractivity contribution in [2.24, 2.45) is 4.99 Å². The summed E-state index contributed by atoms with van der Waals surface area (Å²) in [4.78, 5) is 21.9. The number of aliphatic imine (C=N–C) groups is 1. The average molecular weight is 373 g/mol. The van der Waals surface area contributed by atoms with Gasteiger partial charge < -0.3 is 10.1 Å². The van der Waals surface area contributed by atoms with Gasteiger partial charge in [-0.25, -0.2) is 4.98 Å². The molecule has 0 radical (unpaired) electrons. The van der Waals surface area contributed by atoms with E-state index in [4.69, 9.17) is 16.3 Å². The molecule has 1 amide bonds. The Kier molecular flexibility index (Phi) is 5.42. The van der Waals surface area contributed by atoms with E-state index in [0.717, 1.165) is 24.8 Å². The number of carbonyl (C=O) groups is 1. The van der Waals surface area contributed by atoms with Crippen LogP contribution in [-0.4, -0.2) is 38.4 Å². The summed E-state index contributed by atoms with van der Waals surface area (Å²) in [5.74, 6) is 1.77. The van der Waals surface area contributed by atoms with Crippen molar-refractivity contribution in [1.82, 2.24) is 10.3 Å². The lowest BCUT2D eigenvalue weighted by Gasteiger charge is -2.24. The van der Waals surface area contributed by atoms with Gasteiger partial charge in [0.2, 0.25) is 6.41 Å². The van der Waals surface area contributed by atoms with Crippen LogP contribution in [0.15, 0.2) is 35.5 Å². The number of amides is 1. The van der Waals surface area contributed by atoms with E-state index < -0.39 is 0 Å². The predicted molar refractivity (Wildman–Crippen MR) is 104 cm³/mol. The highest BCUT2D eigenvalue weighted by Crippen LogP contribution is 2.45. The van der Waals surface area contributed by atoms with Gasteiger partial charge in [-0.05, 0) is 48.6 Å². The third kappa shape index (κ3) is 3.37. The predicted octanol–water partition coefficient (Wildman–Crippen LogP) is 3.51. The van der Waals surface area contributed by atoms with Crippen molar-refractivity contribution >= 4 is 35.2 Å². The van der Waals surface area contributed by atoms with Gasteiger partial charge in [-0.2, -0.15) is 0 Å². The average Bonchev–Trinajstić information content (AvgIpc) is 3.50. The minimum Gasteiger partial charge on any atom is -0.496 e. The molecule has 1 aliphatic rings. The van der Waals surface area contributed by atoms with Crippen LogP contribution in [0.25, 0.3) is 0 Å². The maximum absolute atomic E-state index is 12.0. The number of aromatic nitrogens is 1. The van der Waals surface area contributed by atoms with Gasteiger partial charge in [0.05, 0.1) is 24.0 Å². The van der Waals surface area contributed by atoms with Crippen molar-refractivity contribution in [3.63, 3.8) is 0 Å².